The van der Waals surface area contributed by atoms with Crippen molar-refractivity contribution in [2.45, 2.75) is 6.42 Å². The van der Waals surface area contributed by atoms with E-state index in [1.807, 2.05) is 60.0 Å². The number of nitrogen functional groups attached to an aromatic ring is 1. The van der Waals surface area contributed by atoms with Crippen LogP contribution in [0.15, 0.2) is 60.0 Å². The fraction of sp³-hybridized carbons (Fsp3) is 0.118. The Balaban J connectivity index is 1.62. The summed E-state index contributed by atoms with van der Waals surface area (Å²) in [5.41, 5.74) is 8.66. The highest BCUT2D eigenvalue weighted by atomic mass is 32.1. The van der Waals surface area contributed by atoms with E-state index in [2.05, 4.69) is 4.98 Å². The Morgan fingerprint density at radius 3 is 2.57 bits per heavy atom. The molecule has 106 valence electrons. The molecule has 0 atom stereocenters. The van der Waals surface area contributed by atoms with E-state index in [1.165, 1.54) is 0 Å². The molecule has 0 unspecified atom stereocenters. The molecular formula is C17H16N2OS. The molecule has 0 radical (unpaired) electrons. The number of thiazole rings is 1. The van der Waals surface area contributed by atoms with Gasteiger partial charge in [-0.3, -0.25) is 0 Å². The minimum Gasteiger partial charge on any atom is -0.493 e. The van der Waals surface area contributed by atoms with Crippen LogP contribution >= 0.6 is 11.3 Å². The lowest BCUT2D eigenvalue weighted by Gasteiger charge is -2.04. The first-order valence-corrected chi connectivity index (χ1v) is 7.68. The van der Waals surface area contributed by atoms with Gasteiger partial charge in [-0.1, -0.05) is 36.4 Å². The number of anilines is 1. The molecule has 2 aromatic carbocycles. The van der Waals surface area contributed by atoms with Gasteiger partial charge < -0.3 is 10.5 Å². The molecule has 3 rings (SSSR count). The molecule has 4 heteroatoms. The zero-order valence-corrected chi connectivity index (χ0v) is 12.3. The van der Waals surface area contributed by atoms with Gasteiger partial charge >= 0.3 is 0 Å². The molecule has 0 amide bonds. The number of para-hydroxylation sites is 2. The fourth-order valence-electron chi connectivity index (χ4n) is 2.05. The molecule has 0 spiro atoms. The van der Waals surface area contributed by atoms with Gasteiger partial charge in [-0.15, -0.1) is 11.3 Å². The summed E-state index contributed by atoms with van der Waals surface area (Å²) in [6.45, 7) is 0.626. The third-order valence-corrected chi connectivity index (χ3v) is 4.02. The summed E-state index contributed by atoms with van der Waals surface area (Å²) in [7, 11) is 0. The van der Waals surface area contributed by atoms with Gasteiger partial charge in [0.05, 0.1) is 17.3 Å². The molecule has 0 saturated heterocycles. The molecule has 3 aromatic rings. The van der Waals surface area contributed by atoms with Crippen LogP contribution in [0.5, 0.6) is 5.75 Å². The number of ether oxygens (including phenoxy) is 1. The van der Waals surface area contributed by atoms with Crippen molar-refractivity contribution in [3.05, 3.63) is 65.0 Å². The normalized spacial score (nSPS) is 10.5. The van der Waals surface area contributed by atoms with E-state index < -0.39 is 0 Å². The van der Waals surface area contributed by atoms with Crippen LogP contribution in [0.1, 0.15) is 5.01 Å². The lowest BCUT2D eigenvalue weighted by atomic mass is 10.1. The second-order valence-electron chi connectivity index (χ2n) is 4.63. The van der Waals surface area contributed by atoms with Gasteiger partial charge in [0.25, 0.3) is 0 Å². The smallest absolute Gasteiger partial charge is 0.119 e. The van der Waals surface area contributed by atoms with Crippen molar-refractivity contribution < 1.29 is 4.74 Å². The van der Waals surface area contributed by atoms with Gasteiger partial charge in [-0.05, 0) is 18.2 Å². The first-order valence-electron chi connectivity index (χ1n) is 6.80. The second kappa shape index (κ2) is 6.41. The topological polar surface area (TPSA) is 48.1 Å². The molecule has 2 N–H and O–H groups in total. The molecular weight excluding hydrogens is 280 g/mol. The van der Waals surface area contributed by atoms with Crippen molar-refractivity contribution in [2.75, 3.05) is 12.3 Å². The van der Waals surface area contributed by atoms with Crippen molar-refractivity contribution >= 4 is 17.0 Å². The molecule has 0 saturated carbocycles. The van der Waals surface area contributed by atoms with Crippen LogP contribution in [-0.2, 0) is 6.42 Å². The van der Waals surface area contributed by atoms with Crippen LogP contribution in [0.3, 0.4) is 0 Å². The van der Waals surface area contributed by atoms with Crippen LogP contribution in [0.2, 0.25) is 0 Å². The van der Waals surface area contributed by atoms with E-state index in [4.69, 9.17) is 10.5 Å². The molecule has 0 bridgehead atoms. The first kappa shape index (κ1) is 13.6. The Morgan fingerprint density at radius 2 is 1.76 bits per heavy atom. The maximum Gasteiger partial charge on any atom is 0.119 e. The van der Waals surface area contributed by atoms with Crippen LogP contribution in [0.25, 0.3) is 11.3 Å². The highest BCUT2D eigenvalue weighted by Crippen LogP contribution is 2.27. The summed E-state index contributed by atoms with van der Waals surface area (Å²) in [5, 5.41) is 3.10. The summed E-state index contributed by atoms with van der Waals surface area (Å²) in [5.74, 6) is 0.890. The van der Waals surface area contributed by atoms with E-state index in [0.717, 1.165) is 34.1 Å². The number of nitrogens with zero attached hydrogens (tertiary/aromatic N) is 1. The molecule has 1 aromatic heterocycles. The van der Waals surface area contributed by atoms with Gasteiger partial charge in [0, 0.05) is 23.1 Å². The largest absolute Gasteiger partial charge is 0.493 e. The van der Waals surface area contributed by atoms with E-state index >= 15 is 0 Å². The summed E-state index contributed by atoms with van der Waals surface area (Å²) >= 11 is 1.64. The zero-order valence-electron chi connectivity index (χ0n) is 11.5. The third kappa shape index (κ3) is 3.41. The SMILES string of the molecule is Nc1ccccc1-c1csc(CCOc2ccccc2)n1. The Bertz CT molecular complexity index is 710. The molecule has 0 fully saturated rings. The molecule has 0 aliphatic carbocycles. The Kier molecular flexibility index (Phi) is 4.17. The number of aromatic nitrogens is 1. The zero-order chi connectivity index (χ0) is 14.5. The fourth-order valence-corrected chi connectivity index (χ4v) is 2.83. The van der Waals surface area contributed by atoms with Crippen molar-refractivity contribution in [2.24, 2.45) is 0 Å². The highest BCUT2D eigenvalue weighted by Gasteiger charge is 2.07. The summed E-state index contributed by atoms with van der Waals surface area (Å²) in [4.78, 5) is 4.63. The van der Waals surface area contributed by atoms with Crippen molar-refractivity contribution in [3.63, 3.8) is 0 Å². The van der Waals surface area contributed by atoms with E-state index in [0.29, 0.717) is 6.61 Å². The summed E-state index contributed by atoms with van der Waals surface area (Å²) in [6.07, 6.45) is 0.798. The Labute approximate surface area is 128 Å². The number of hydrogen-bond acceptors (Lipinski definition) is 4. The third-order valence-electron chi connectivity index (χ3n) is 3.12. The van der Waals surface area contributed by atoms with Crippen LogP contribution < -0.4 is 10.5 Å². The van der Waals surface area contributed by atoms with Crippen LogP contribution in [0.4, 0.5) is 5.69 Å². The maximum absolute atomic E-state index is 5.98. The molecule has 3 nitrogen and oxygen atoms in total. The average molecular weight is 296 g/mol. The quantitative estimate of drug-likeness (QED) is 0.724. The lowest BCUT2D eigenvalue weighted by molar-refractivity contribution is 0.322. The number of benzene rings is 2. The number of rotatable bonds is 5. The predicted octanol–water partition coefficient (Wildman–Crippen LogP) is 4.01. The van der Waals surface area contributed by atoms with Gasteiger partial charge in [0.15, 0.2) is 0 Å². The van der Waals surface area contributed by atoms with Gasteiger partial charge in [-0.2, -0.15) is 0 Å². The summed E-state index contributed by atoms with van der Waals surface area (Å²) in [6, 6.07) is 17.6. The van der Waals surface area contributed by atoms with Crippen molar-refractivity contribution in [1.82, 2.24) is 4.98 Å². The van der Waals surface area contributed by atoms with E-state index in [9.17, 15) is 0 Å². The lowest BCUT2D eigenvalue weighted by Crippen LogP contribution is -2.00. The highest BCUT2D eigenvalue weighted by molar-refractivity contribution is 7.09. The van der Waals surface area contributed by atoms with Crippen LogP contribution in [0, 0.1) is 0 Å². The Morgan fingerprint density at radius 1 is 1.00 bits per heavy atom. The maximum atomic E-state index is 5.98. The molecule has 1 heterocycles. The van der Waals surface area contributed by atoms with Crippen molar-refractivity contribution in [3.8, 4) is 17.0 Å². The minimum absolute atomic E-state index is 0.626. The monoisotopic (exact) mass is 296 g/mol. The Hall–Kier alpha value is -2.33. The van der Waals surface area contributed by atoms with Gasteiger partial charge in [0.2, 0.25) is 0 Å². The van der Waals surface area contributed by atoms with E-state index in [-0.39, 0.29) is 0 Å². The second-order valence-corrected chi connectivity index (χ2v) is 5.57. The number of hydrogen-bond donors (Lipinski definition) is 1. The van der Waals surface area contributed by atoms with Gasteiger partial charge in [-0.25, -0.2) is 4.98 Å². The van der Waals surface area contributed by atoms with Crippen molar-refractivity contribution in [1.29, 1.82) is 0 Å². The average Bonchev–Trinajstić information content (AvgIpc) is 2.97. The molecule has 21 heavy (non-hydrogen) atoms. The number of nitrogens with two attached hydrogens (primary N) is 1. The van der Waals surface area contributed by atoms with Crippen LogP contribution in [-0.4, -0.2) is 11.6 Å². The molecule has 0 aliphatic heterocycles. The predicted molar refractivity (Wildman–Crippen MR) is 87.6 cm³/mol. The van der Waals surface area contributed by atoms with E-state index in [1.54, 1.807) is 11.3 Å². The first-order chi connectivity index (χ1) is 10.3. The van der Waals surface area contributed by atoms with Gasteiger partial charge in [0.1, 0.15) is 5.75 Å². The molecule has 0 aliphatic rings. The standard InChI is InChI=1S/C17H16N2OS/c18-15-9-5-4-8-14(15)16-12-21-17(19-16)10-11-20-13-6-2-1-3-7-13/h1-9,12H,10-11,18H2. The minimum atomic E-state index is 0.626. The summed E-state index contributed by atoms with van der Waals surface area (Å²) < 4.78 is 5.69.